The molecule has 0 aliphatic heterocycles. The molecule has 1 N–H and O–H groups in total. The van der Waals surface area contributed by atoms with Gasteiger partial charge in [0.15, 0.2) is 0 Å². The van der Waals surface area contributed by atoms with Gasteiger partial charge in [-0.05, 0) is 22.0 Å². The second-order valence-electron chi connectivity index (χ2n) is 3.22. The summed E-state index contributed by atoms with van der Waals surface area (Å²) in [5.74, 6) is 0.807. The number of halogens is 2. The first-order valence-electron chi connectivity index (χ1n) is 4.72. The van der Waals surface area contributed by atoms with Crippen molar-refractivity contribution in [3.8, 4) is 11.6 Å². The van der Waals surface area contributed by atoms with Crippen LogP contribution in [0.4, 0.5) is 0 Å². The number of aromatic nitrogens is 2. The van der Waals surface area contributed by atoms with Crippen molar-refractivity contribution < 1.29 is 9.84 Å². The Morgan fingerprint density at radius 1 is 1.29 bits per heavy atom. The Kier molecular flexibility index (Phi) is 3.93. The van der Waals surface area contributed by atoms with Crippen molar-refractivity contribution in [3.05, 3.63) is 45.8 Å². The lowest BCUT2D eigenvalue weighted by Gasteiger charge is -2.08. The van der Waals surface area contributed by atoms with Crippen molar-refractivity contribution in [2.45, 2.75) is 6.61 Å². The van der Waals surface area contributed by atoms with Gasteiger partial charge in [0, 0.05) is 28.5 Å². The van der Waals surface area contributed by atoms with E-state index in [4.69, 9.17) is 16.3 Å². The van der Waals surface area contributed by atoms with Crippen molar-refractivity contribution >= 4 is 27.5 Å². The Labute approximate surface area is 111 Å². The highest BCUT2D eigenvalue weighted by molar-refractivity contribution is 9.10. The van der Waals surface area contributed by atoms with Crippen molar-refractivity contribution in [1.82, 2.24) is 9.97 Å². The van der Waals surface area contributed by atoms with Crippen LogP contribution >= 0.6 is 27.5 Å². The molecular formula is C11H8BrClN2O2. The summed E-state index contributed by atoms with van der Waals surface area (Å²) in [4.78, 5) is 7.97. The van der Waals surface area contributed by atoms with Crippen LogP contribution in [0.25, 0.3) is 0 Å². The molecule has 0 radical (unpaired) electrons. The number of nitrogens with zero attached hydrogens (tertiary/aromatic N) is 2. The number of hydrogen-bond acceptors (Lipinski definition) is 4. The van der Waals surface area contributed by atoms with Crippen LogP contribution in [0.5, 0.6) is 11.6 Å². The van der Waals surface area contributed by atoms with Crippen molar-refractivity contribution in [1.29, 1.82) is 0 Å². The van der Waals surface area contributed by atoms with Crippen LogP contribution in [-0.2, 0) is 6.61 Å². The summed E-state index contributed by atoms with van der Waals surface area (Å²) >= 11 is 9.06. The van der Waals surface area contributed by atoms with Crippen LogP contribution in [0, 0.1) is 0 Å². The minimum absolute atomic E-state index is 0.157. The molecule has 2 aromatic heterocycles. The third-order valence-electron chi connectivity index (χ3n) is 1.96. The second-order valence-corrected chi connectivity index (χ2v) is 4.57. The fourth-order valence-corrected chi connectivity index (χ4v) is 1.78. The fraction of sp³-hybridized carbons (Fsp3) is 0.0909. The molecule has 2 rings (SSSR count). The predicted octanol–water partition coefficient (Wildman–Crippen LogP) is 3.18. The molecule has 2 aromatic rings. The monoisotopic (exact) mass is 314 g/mol. The van der Waals surface area contributed by atoms with E-state index in [0.29, 0.717) is 22.2 Å². The van der Waals surface area contributed by atoms with Gasteiger partial charge in [-0.3, -0.25) is 4.98 Å². The highest BCUT2D eigenvalue weighted by atomic mass is 79.9. The van der Waals surface area contributed by atoms with Crippen LogP contribution < -0.4 is 4.74 Å². The molecule has 17 heavy (non-hydrogen) atoms. The van der Waals surface area contributed by atoms with E-state index in [1.807, 2.05) is 0 Å². The number of ether oxygens (including phenoxy) is 1. The maximum absolute atomic E-state index is 9.19. The quantitative estimate of drug-likeness (QED) is 0.945. The first-order chi connectivity index (χ1) is 8.19. The summed E-state index contributed by atoms with van der Waals surface area (Å²) in [6, 6.07) is 3.36. The highest BCUT2D eigenvalue weighted by Crippen LogP contribution is 2.26. The van der Waals surface area contributed by atoms with E-state index in [1.165, 1.54) is 12.4 Å². The van der Waals surface area contributed by atoms with E-state index in [0.717, 1.165) is 4.47 Å². The Bertz CT molecular complexity index is 537. The van der Waals surface area contributed by atoms with E-state index in [-0.39, 0.29) is 6.61 Å². The van der Waals surface area contributed by atoms with Crippen molar-refractivity contribution in [2.24, 2.45) is 0 Å². The maximum Gasteiger partial charge on any atom is 0.224 e. The first kappa shape index (κ1) is 12.3. The van der Waals surface area contributed by atoms with Gasteiger partial charge in [-0.2, -0.15) is 0 Å². The Morgan fingerprint density at radius 3 is 2.82 bits per heavy atom. The van der Waals surface area contributed by atoms with Crippen molar-refractivity contribution in [2.75, 3.05) is 0 Å². The molecule has 88 valence electrons. The highest BCUT2D eigenvalue weighted by Gasteiger charge is 2.07. The predicted molar refractivity (Wildman–Crippen MR) is 67.2 cm³/mol. The molecule has 2 heterocycles. The molecule has 0 fully saturated rings. The number of aliphatic hydroxyl groups excluding tert-OH is 1. The molecule has 0 bridgehead atoms. The van der Waals surface area contributed by atoms with Crippen LogP contribution in [0.1, 0.15) is 5.56 Å². The van der Waals surface area contributed by atoms with Gasteiger partial charge < -0.3 is 9.84 Å². The van der Waals surface area contributed by atoms with Crippen LogP contribution in [0.2, 0.25) is 5.02 Å². The summed E-state index contributed by atoms with van der Waals surface area (Å²) in [6.07, 6.45) is 4.62. The minimum Gasteiger partial charge on any atom is -0.437 e. The average molecular weight is 316 g/mol. The van der Waals surface area contributed by atoms with Gasteiger partial charge in [0.05, 0.1) is 17.8 Å². The summed E-state index contributed by atoms with van der Waals surface area (Å²) in [5.41, 5.74) is 0.583. The molecule has 0 saturated carbocycles. The van der Waals surface area contributed by atoms with Gasteiger partial charge in [0.25, 0.3) is 0 Å². The Balaban J connectivity index is 2.29. The van der Waals surface area contributed by atoms with Crippen molar-refractivity contribution in [3.63, 3.8) is 0 Å². The Hall–Kier alpha value is -1.17. The molecule has 0 aliphatic carbocycles. The smallest absolute Gasteiger partial charge is 0.224 e. The van der Waals surface area contributed by atoms with Gasteiger partial charge in [-0.1, -0.05) is 11.6 Å². The van der Waals surface area contributed by atoms with E-state index in [1.54, 1.807) is 18.3 Å². The van der Waals surface area contributed by atoms with Gasteiger partial charge in [-0.25, -0.2) is 4.98 Å². The number of pyridine rings is 2. The molecule has 6 heteroatoms. The first-order valence-corrected chi connectivity index (χ1v) is 5.90. The molecule has 0 aromatic carbocycles. The van der Waals surface area contributed by atoms with Crippen LogP contribution in [0.15, 0.2) is 35.2 Å². The van der Waals surface area contributed by atoms with Gasteiger partial charge in [0.1, 0.15) is 5.75 Å². The zero-order valence-electron chi connectivity index (χ0n) is 8.60. The van der Waals surface area contributed by atoms with Crippen LogP contribution in [-0.4, -0.2) is 15.1 Å². The second kappa shape index (κ2) is 5.44. The maximum atomic E-state index is 9.19. The summed E-state index contributed by atoms with van der Waals surface area (Å²) in [5, 5.41) is 9.67. The number of rotatable bonds is 3. The van der Waals surface area contributed by atoms with E-state index < -0.39 is 0 Å². The minimum atomic E-state index is -0.157. The summed E-state index contributed by atoms with van der Waals surface area (Å²) in [6.45, 7) is -0.157. The lowest BCUT2D eigenvalue weighted by atomic mass is 10.3. The largest absolute Gasteiger partial charge is 0.437 e. The van der Waals surface area contributed by atoms with Gasteiger partial charge >= 0.3 is 0 Å². The molecule has 0 aliphatic rings. The summed E-state index contributed by atoms with van der Waals surface area (Å²) in [7, 11) is 0. The SMILES string of the molecule is OCc1cc(Br)cnc1Oc1cncc(Cl)c1. The molecule has 0 saturated heterocycles. The molecule has 0 amide bonds. The molecule has 0 atom stereocenters. The molecule has 4 nitrogen and oxygen atoms in total. The lowest BCUT2D eigenvalue weighted by Crippen LogP contribution is -1.95. The standard InChI is InChI=1S/C11H8BrClN2O2/c12-8-1-7(6-16)11(15-3-8)17-10-2-9(13)4-14-5-10/h1-5,16H,6H2. The zero-order chi connectivity index (χ0) is 12.3. The fourth-order valence-electron chi connectivity index (χ4n) is 1.23. The zero-order valence-corrected chi connectivity index (χ0v) is 10.9. The third kappa shape index (κ3) is 3.15. The normalized spacial score (nSPS) is 10.3. The lowest BCUT2D eigenvalue weighted by molar-refractivity contribution is 0.275. The van der Waals surface area contributed by atoms with E-state index in [9.17, 15) is 5.11 Å². The average Bonchev–Trinajstić information content (AvgIpc) is 2.31. The molecule has 0 spiro atoms. The topological polar surface area (TPSA) is 55.2 Å². The molecule has 0 unspecified atom stereocenters. The van der Waals surface area contributed by atoms with E-state index >= 15 is 0 Å². The van der Waals surface area contributed by atoms with E-state index in [2.05, 4.69) is 25.9 Å². The third-order valence-corrected chi connectivity index (χ3v) is 2.60. The van der Waals surface area contributed by atoms with Crippen LogP contribution in [0.3, 0.4) is 0 Å². The Morgan fingerprint density at radius 2 is 2.12 bits per heavy atom. The number of aliphatic hydroxyl groups is 1. The van der Waals surface area contributed by atoms with Gasteiger partial charge in [-0.15, -0.1) is 0 Å². The summed E-state index contributed by atoms with van der Waals surface area (Å²) < 4.78 is 6.27. The van der Waals surface area contributed by atoms with Gasteiger partial charge in [0.2, 0.25) is 5.88 Å². The number of hydrogen-bond donors (Lipinski definition) is 1. The molecular weight excluding hydrogens is 307 g/mol.